The number of likely N-dealkylation sites (N-methyl/N-ethyl adjacent to an activating group) is 1. The average molecular weight is 238 g/mol. The lowest BCUT2D eigenvalue weighted by atomic mass is 10.2. The van der Waals surface area contributed by atoms with Crippen LogP contribution in [0, 0.1) is 0 Å². The van der Waals surface area contributed by atoms with Crippen LogP contribution in [0.3, 0.4) is 0 Å². The fraction of sp³-hybridized carbons (Fsp3) is 0.769. The summed E-state index contributed by atoms with van der Waals surface area (Å²) in [6.45, 7) is 10.1. The van der Waals surface area contributed by atoms with E-state index in [-0.39, 0.29) is 0 Å². The first-order valence-electron chi connectivity index (χ1n) is 6.66. The van der Waals surface area contributed by atoms with Crippen molar-refractivity contribution in [3.05, 3.63) is 18.0 Å². The van der Waals surface area contributed by atoms with Crippen LogP contribution in [-0.2, 0) is 13.5 Å². The van der Waals surface area contributed by atoms with Gasteiger partial charge >= 0.3 is 0 Å². The van der Waals surface area contributed by atoms with E-state index in [0.717, 1.165) is 32.6 Å². The SMILES string of the molecule is CCCN(CC)CCNCCc1cnn(C)c1. The Morgan fingerprint density at radius 2 is 2.12 bits per heavy atom. The van der Waals surface area contributed by atoms with Gasteiger partial charge in [0.05, 0.1) is 6.20 Å². The van der Waals surface area contributed by atoms with Crippen LogP contribution >= 0.6 is 0 Å². The van der Waals surface area contributed by atoms with E-state index in [2.05, 4.69) is 35.4 Å². The van der Waals surface area contributed by atoms with E-state index in [1.807, 2.05) is 17.9 Å². The molecule has 0 aliphatic rings. The van der Waals surface area contributed by atoms with Crippen molar-refractivity contribution in [3.63, 3.8) is 0 Å². The predicted molar refractivity (Wildman–Crippen MR) is 72.2 cm³/mol. The summed E-state index contributed by atoms with van der Waals surface area (Å²) in [6.07, 6.45) is 6.32. The van der Waals surface area contributed by atoms with Crippen molar-refractivity contribution in [3.8, 4) is 0 Å². The van der Waals surface area contributed by atoms with Gasteiger partial charge in [0.25, 0.3) is 0 Å². The summed E-state index contributed by atoms with van der Waals surface area (Å²) >= 11 is 0. The highest BCUT2D eigenvalue weighted by Crippen LogP contribution is 1.96. The van der Waals surface area contributed by atoms with Gasteiger partial charge in [0.2, 0.25) is 0 Å². The lowest BCUT2D eigenvalue weighted by Gasteiger charge is -2.19. The Kier molecular flexibility index (Phi) is 6.89. The maximum atomic E-state index is 4.16. The molecular weight excluding hydrogens is 212 g/mol. The van der Waals surface area contributed by atoms with Crippen molar-refractivity contribution in [1.82, 2.24) is 20.0 Å². The smallest absolute Gasteiger partial charge is 0.0522 e. The van der Waals surface area contributed by atoms with Gasteiger partial charge < -0.3 is 10.2 Å². The minimum Gasteiger partial charge on any atom is -0.315 e. The molecule has 1 rings (SSSR count). The second-order valence-corrected chi connectivity index (χ2v) is 4.46. The van der Waals surface area contributed by atoms with Gasteiger partial charge in [0.15, 0.2) is 0 Å². The van der Waals surface area contributed by atoms with Gasteiger partial charge in [-0.3, -0.25) is 4.68 Å². The maximum Gasteiger partial charge on any atom is 0.0522 e. The molecule has 4 heteroatoms. The van der Waals surface area contributed by atoms with E-state index in [1.54, 1.807) is 0 Å². The van der Waals surface area contributed by atoms with Gasteiger partial charge in [-0.15, -0.1) is 0 Å². The van der Waals surface area contributed by atoms with Gasteiger partial charge in [-0.1, -0.05) is 13.8 Å². The quantitative estimate of drug-likeness (QED) is 0.658. The molecule has 0 atom stereocenters. The van der Waals surface area contributed by atoms with E-state index in [4.69, 9.17) is 0 Å². The lowest BCUT2D eigenvalue weighted by molar-refractivity contribution is 0.288. The minimum atomic E-state index is 1.04. The van der Waals surface area contributed by atoms with Gasteiger partial charge in [0, 0.05) is 26.3 Å². The molecule has 1 aromatic heterocycles. The Balaban J connectivity index is 2.04. The highest BCUT2D eigenvalue weighted by Gasteiger charge is 2.00. The molecule has 0 aromatic carbocycles. The summed E-state index contributed by atoms with van der Waals surface area (Å²) in [4.78, 5) is 2.48. The van der Waals surface area contributed by atoms with Crippen LogP contribution in [0.5, 0.6) is 0 Å². The summed E-state index contributed by atoms with van der Waals surface area (Å²) < 4.78 is 1.86. The monoisotopic (exact) mass is 238 g/mol. The summed E-state index contributed by atoms with van der Waals surface area (Å²) in [5.41, 5.74) is 1.31. The summed E-state index contributed by atoms with van der Waals surface area (Å²) in [7, 11) is 1.96. The Bertz CT molecular complexity index is 295. The van der Waals surface area contributed by atoms with Crippen molar-refractivity contribution >= 4 is 0 Å². The highest BCUT2D eigenvalue weighted by molar-refractivity contribution is 5.03. The fourth-order valence-corrected chi connectivity index (χ4v) is 1.94. The van der Waals surface area contributed by atoms with Gasteiger partial charge in [-0.25, -0.2) is 0 Å². The first-order valence-corrected chi connectivity index (χ1v) is 6.66. The van der Waals surface area contributed by atoms with Crippen LogP contribution in [0.15, 0.2) is 12.4 Å². The molecule has 0 bridgehead atoms. The molecule has 0 aliphatic heterocycles. The zero-order valence-corrected chi connectivity index (χ0v) is 11.4. The second kappa shape index (κ2) is 8.25. The Morgan fingerprint density at radius 1 is 1.29 bits per heavy atom. The topological polar surface area (TPSA) is 33.1 Å². The molecule has 98 valence electrons. The number of nitrogens with one attached hydrogen (secondary N) is 1. The number of hydrogen-bond acceptors (Lipinski definition) is 3. The van der Waals surface area contributed by atoms with E-state index in [9.17, 15) is 0 Å². The van der Waals surface area contributed by atoms with Gasteiger partial charge in [-0.2, -0.15) is 5.10 Å². The molecular formula is C13H26N4. The molecule has 0 unspecified atom stereocenters. The molecule has 17 heavy (non-hydrogen) atoms. The van der Waals surface area contributed by atoms with Crippen molar-refractivity contribution < 1.29 is 0 Å². The molecule has 4 nitrogen and oxygen atoms in total. The van der Waals surface area contributed by atoms with Crippen LogP contribution in [0.2, 0.25) is 0 Å². The largest absolute Gasteiger partial charge is 0.315 e. The number of aryl methyl sites for hydroxylation is 1. The van der Waals surface area contributed by atoms with Crippen molar-refractivity contribution in [2.45, 2.75) is 26.7 Å². The number of rotatable bonds is 9. The Hall–Kier alpha value is -0.870. The molecule has 0 aliphatic carbocycles. The van der Waals surface area contributed by atoms with E-state index < -0.39 is 0 Å². The zero-order chi connectivity index (χ0) is 12.5. The summed E-state index contributed by atoms with van der Waals surface area (Å²) in [6, 6.07) is 0. The minimum absolute atomic E-state index is 1.04. The number of hydrogen-bond donors (Lipinski definition) is 1. The molecule has 1 heterocycles. The molecule has 0 saturated carbocycles. The van der Waals surface area contributed by atoms with Crippen molar-refractivity contribution in [2.75, 3.05) is 32.7 Å². The van der Waals surface area contributed by atoms with Crippen LogP contribution in [0.4, 0.5) is 0 Å². The van der Waals surface area contributed by atoms with Crippen LogP contribution in [-0.4, -0.2) is 47.4 Å². The first-order chi connectivity index (χ1) is 8.26. The molecule has 0 spiro atoms. The zero-order valence-electron chi connectivity index (χ0n) is 11.4. The first kappa shape index (κ1) is 14.2. The van der Waals surface area contributed by atoms with Crippen LogP contribution in [0.1, 0.15) is 25.8 Å². The van der Waals surface area contributed by atoms with Gasteiger partial charge in [0.1, 0.15) is 0 Å². The predicted octanol–water partition coefficient (Wildman–Crippen LogP) is 1.28. The molecule has 0 radical (unpaired) electrons. The second-order valence-electron chi connectivity index (χ2n) is 4.46. The van der Waals surface area contributed by atoms with Crippen molar-refractivity contribution in [2.24, 2.45) is 7.05 Å². The van der Waals surface area contributed by atoms with E-state index in [0.29, 0.717) is 0 Å². The third-order valence-corrected chi connectivity index (χ3v) is 2.94. The molecule has 0 fully saturated rings. The molecule has 0 amide bonds. The number of aromatic nitrogens is 2. The van der Waals surface area contributed by atoms with Gasteiger partial charge in [-0.05, 0) is 38.0 Å². The third-order valence-electron chi connectivity index (χ3n) is 2.94. The van der Waals surface area contributed by atoms with Crippen LogP contribution < -0.4 is 5.32 Å². The lowest BCUT2D eigenvalue weighted by Crippen LogP contribution is -2.33. The fourth-order valence-electron chi connectivity index (χ4n) is 1.94. The molecule has 0 saturated heterocycles. The maximum absolute atomic E-state index is 4.16. The summed E-state index contributed by atoms with van der Waals surface area (Å²) in [5, 5.41) is 7.65. The van der Waals surface area contributed by atoms with E-state index in [1.165, 1.54) is 18.5 Å². The third kappa shape index (κ3) is 5.84. The normalized spacial score (nSPS) is 11.3. The summed E-state index contributed by atoms with van der Waals surface area (Å²) in [5.74, 6) is 0. The standard InChI is InChI=1S/C13H26N4/c1-4-9-17(5-2)10-8-14-7-6-13-11-15-16(3)12-13/h11-12,14H,4-10H2,1-3H3. The van der Waals surface area contributed by atoms with Crippen LogP contribution in [0.25, 0.3) is 0 Å². The van der Waals surface area contributed by atoms with Crippen molar-refractivity contribution in [1.29, 1.82) is 0 Å². The Labute approximate surface area is 105 Å². The highest BCUT2D eigenvalue weighted by atomic mass is 15.2. The molecule has 1 N–H and O–H groups in total. The average Bonchev–Trinajstić information content (AvgIpc) is 2.73. The number of nitrogens with zero attached hydrogens (tertiary/aromatic N) is 3. The molecule has 1 aromatic rings. The Morgan fingerprint density at radius 3 is 2.71 bits per heavy atom. The van der Waals surface area contributed by atoms with E-state index >= 15 is 0 Å².